The molecule has 1 spiro atoms. The number of benzene rings is 1. The zero-order valence-electron chi connectivity index (χ0n) is 20.6. The lowest BCUT2D eigenvalue weighted by Gasteiger charge is -2.51. The van der Waals surface area contributed by atoms with Crippen LogP contribution in [0.2, 0.25) is 0 Å². The fourth-order valence-corrected chi connectivity index (χ4v) is 5.51. The van der Waals surface area contributed by atoms with E-state index in [0.29, 0.717) is 6.54 Å². The summed E-state index contributed by atoms with van der Waals surface area (Å²) in [5, 5.41) is 4.61. The Bertz CT molecular complexity index is 1370. The molecule has 0 amide bonds. The second-order valence-electron chi connectivity index (χ2n) is 10.4. The standard InChI is InChI=1S/C27H32N6O2/c1-19-7-6-8-21-23(19)30-25(32-17-26(2,3)35-27(18-32)10-13-34-14-11-27)31-24(21)29-16-20-15-28-22-9-4-5-12-33(20)22/h4-9,12,15H,10-11,13-14,16-18H2,1-3H3,(H,29,30,31). The van der Waals surface area contributed by atoms with Crippen LogP contribution in [0, 0.1) is 6.92 Å². The third-order valence-corrected chi connectivity index (χ3v) is 7.08. The van der Waals surface area contributed by atoms with Crippen molar-refractivity contribution < 1.29 is 9.47 Å². The van der Waals surface area contributed by atoms with Gasteiger partial charge in [0.15, 0.2) is 0 Å². The summed E-state index contributed by atoms with van der Waals surface area (Å²) in [5.74, 6) is 1.58. The monoisotopic (exact) mass is 472 g/mol. The summed E-state index contributed by atoms with van der Waals surface area (Å²) in [6, 6.07) is 12.3. The number of nitrogens with one attached hydrogen (secondary N) is 1. The van der Waals surface area contributed by atoms with E-state index >= 15 is 0 Å². The first-order valence-electron chi connectivity index (χ1n) is 12.4. The van der Waals surface area contributed by atoms with Gasteiger partial charge in [0.25, 0.3) is 0 Å². The molecule has 2 saturated heterocycles. The molecule has 1 N–H and O–H groups in total. The highest BCUT2D eigenvalue weighted by Crippen LogP contribution is 2.38. The van der Waals surface area contributed by atoms with Crippen LogP contribution in [0.4, 0.5) is 11.8 Å². The molecular formula is C27H32N6O2. The summed E-state index contributed by atoms with van der Waals surface area (Å²) >= 11 is 0. The molecule has 0 saturated carbocycles. The summed E-state index contributed by atoms with van der Waals surface area (Å²) in [6.07, 6.45) is 5.73. The Labute approximate surface area is 205 Å². The van der Waals surface area contributed by atoms with Crippen LogP contribution in [0.25, 0.3) is 16.6 Å². The summed E-state index contributed by atoms with van der Waals surface area (Å²) in [7, 11) is 0. The van der Waals surface area contributed by atoms with Gasteiger partial charge in [0.05, 0.1) is 41.7 Å². The summed E-state index contributed by atoms with van der Waals surface area (Å²) in [4.78, 5) is 17.0. The van der Waals surface area contributed by atoms with E-state index < -0.39 is 0 Å². The van der Waals surface area contributed by atoms with Crippen molar-refractivity contribution in [2.24, 2.45) is 0 Å². The normalized spacial score (nSPS) is 19.5. The van der Waals surface area contributed by atoms with Crippen molar-refractivity contribution in [2.45, 2.75) is 51.4 Å². The Morgan fingerprint density at radius 3 is 2.74 bits per heavy atom. The largest absolute Gasteiger partial charge is 0.381 e. The third-order valence-electron chi connectivity index (χ3n) is 7.08. The highest BCUT2D eigenvalue weighted by Gasteiger charge is 2.46. The van der Waals surface area contributed by atoms with Gasteiger partial charge in [-0.05, 0) is 44.5 Å². The molecule has 35 heavy (non-hydrogen) atoms. The number of aromatic nitrogens is 4. The lowest BCUT2D eigenvalue weighted by Crippen LogP contribution is -2.61. The number of anilines is 2. The van der Waals surface area contributed by atoms with Crippen LogP contribution in [0.15, 0.2) is 48.8 Å². The molecule has 8 nitrogen and oxygen atoms in total. The Kier molecular flexibility index (Phi) is 5.38. The number of ether oxygens (including phenoxy) is 2. The van der Waals surface area contributed by atoms with E-state index in [1.807, 2.05) is 30.6 Å². The maximum Gasteiger partial charge on any atom is 0.228 e. The number of fused-ring (bicyclic) bond motifs is 2. The van der Waals surface area contributed by atoms with E-state index in [9.17, 15) is 0 Å². The van der Waals surface area contributed by atoms with Crippen molar-refractivity contribution in [3.8, 4) is 0 Å². The van der Waals surface area contributed by atoms with Crippen LogP contribution >= 0.6 is 0 Å². The molecule has 182 valence electrons. The third kappa shape index (κ3) is 4.21. The number of pyridine rings is 1. The molecule has 0 unspecified atom stereocenters. The number of para-hydroxylation sites is 1. The van der Waals surface area contributed by atoms with Crippen LogP contribution in [-0.4, -0.2) is 56.9 Å². The van der Waals surface area contributed by atoms with Gasteiger partial charge in [-0.1, -0.05) is 18.2 Å². The van der Waals surface area contributed by atoms with E-state index in [-0.39, 0.29) is 11.2 Å². The molecule has 0 atom stereocenters. The van der Waals surface area contributed by atoms with Gasteiger partial charge in [0.2, 0.25) is 5.95 Å². The second kappa shape index (κ2) is 8.46. The van der Waals surface area contributed by atoms with Crippen LogP contribution in [0.3, 0.4) is 0 Å². The van der Waals surface area contributed by atoms with E-state index in [1.165, 1.54) is 0 Å². The maximum absolute atomic E-state index is 6.63. The molecular weight excluding hydrogens is 440 g/mol. The zero-order chi connectivity index (χ0) is 24.0. The van der Waals surface area contributed by atoms with E-state index in [0.717, 1.165) is 78.7 Å². The van der Waals surface area contributed by atoms with Crippen molar-refractivity contribution in [3.63, 3.8) is 0 Å². The van der Waals surface area contributed by atoms with Gasteiger partial charge in [-0.15, -0.1) is 0 Å². The smallest absolute Gasteiger partial charge is 0.228 e. The summed E-state index contributed by atoms with van der Waals surface area (Å²) in [5.41, 5.74) is 3.60. The average Bonchev–Trinajstić information content (AvgIpc) is 3.25. The van der Waals surface area contributed by atoms with Crippen LogP contribution in [-0.2, 0) is 16.0 Å². The van der Waals surface area contributed by atoms with Gasteiger partial charge < -0.3 is 24.1 Å². The quantitative estimate of drug-likeness (QED) is 0.473. The maximum atomic E-state index is 6.63. The first kappa shape index (κ1) is 22.2. The highest BCUT2D eigenvalue weighted by atomic mass is 16.5. The van der Waals surface area contributed by atoms with Crippen molar-refractivity contribution in [3.05, 3.63) is 60.0 Å². The minimum atomic E-state index is -0.302. The molecule has 5 heterocycles. The fourth-order valence-electron chi connectivity index (χ4n) is 5.51. The molecule has 6 rings (SSSR count). The molecule has 0 bridgehead atoms. The predicted molar refractivity (Wildman–Crippen MR) is 137 cm³/mol. The molecule has 2 aliphatic heterocycles. The van der Waals surface area contributed by atoms with Gasteiger partial charge in [-0.3, -0.25) is 0 Å². The Morgan fingerprint density at radius 2 is 1.89 bits per heavy atom. The molecule has 8 heteroatoms. The second-order valence-corrected chi connectivity index (χ2v) is 10.4. The molecule has 2 fully saturated rings. The first-order chi connectivity index (χ1) is 16.9. The number of aryl methyl sites for hydroxylation is 1. The predicted octanol–water partition coefficient (Wildman–Crippen LogP) is 4.36. The van der Waals surface area contributed by atoms with Gasteiger partial charge in [-0.2, -0.15) is 4.98 Å². The number of rotatable bonds is 4. The Balaban J connectivity index is 1.37. The fraction of sp³-hybridized carbons (Fsp3) is 0.444. The topological polar surface area (TPSA) is 76.8 Å². The van der Waals surface area contributed by atoms with Crippen molar-refractivity contribution in [2.75, 3.05) is 36.5 Å². The minimum Gasteiger partial charge on any atom is -0.381 e. The van der Waals surface area contributed by atoms with E-state index in [2.05, 4.69) is 58.6 Å². The average molecular weight is 473 g/mol. The SMILES string of the molecule is Cc1cccc2c(NCc3cnc4ccccn34)nc(N3CC(C)(C)OC4(CCOCC4)C3)nc12. The summed E-state index contributed by atoms with van der Waals surface area (Å²) in [6.45, 7) is 10.0. The highest BCUT2D eigenvalue weighted by molar-refractivity contribution is 5.92. The molecule has 4 aromatic rings. The molecule has 0 radical (unpaired) electrons. The van der Waals surface area contributed by atoms with Crippen LogP contribution < -0.4 is 10.2 Å². The van der Waals surface area contributed by atoms with Gasteiger partial charge in [0, 0.05) is 44.2 Å². The van der Waals surface area contributed by atoms with E-state index in [4.69, 9.17) is 19.4 Å². The lowest BCUT2D eigenvalue weighted by atomic mass is 9.89. The number of imidazole rings is 1. The summed E-state index contributed by atoms with van der Waals surface area (Å²) < 4.78 is 14.4. The first-order valence-corrected chi connectivity index (χ1v) is 12.4. The van der Waals surface area contributed by atoms with Crippen molar-refractivity contribution in [1.82, 2.24) is 19.4 Å². The Morgan fingerprint density at radius 1 is 1.03 bits per heavy atom. The molecule has 1 aromatic carbocycles. The van der Waals surface area contributed by atoms with Crippen molar-refractivity contribution >= 4 is 28.3 Å². The van der Waals surface area contributed by atoms with Gasteiger partial charge in [0.1, 0.15) is 11.5 Å². The number of hydrogen-bond donors (Lipinski definition) is 1. The molecule has 0 aliphatic carbocycles. The van der Waals surface area contributed by atoms with Crippen molar-refractivity contribution in [1.29, 1.82) is 0 Å². The zero-order valence-corrected chi connectivity index (χ0v) is 20.6. The lowest BCUT2D eigenvalue weighted by molar-refractivity contribution is -0.186. The van der Waals surface area contributed by atoms with Crippen LogP contribution in [0.5, 0.6) is 0 Å². The number of hydrogen-bond acceptors (Lipinski definition) is 7. The van der Waals surface area contributed by atoms with Gasteiger partial charge >= 0.3 is 0 Å². The molecule has 3 aromatic heterocycles. The van der Waals surface area contributed by atoms with E-state index in [1.54, 1.807) is 0 Å². The van der Waals surface area contributed by atoms with Crippen LogP contribution in [0.1, 0.15) is 37.9 Å². The number of morpholine rings is 1. The number of nitrogens with zero attached hydrogens (tertiary/aromatic N) is 5. The molecule has 2 aliphatic rings. The van der Waals surface area contributed by atoms with Gasteiger partial charge in [-0.25, -0.2) is 9.97 Å². The Hall–Kier alpha value is -3.23. The minimum absolute atomic E-state index is 0.228.